The molecule has 2 aromatic rings. The summed E-state index contributed by atoms with van der Waals surface area (Å²) in [7, 11) is 0. The number of alkyl halides is 3. The highest BCUT2D eigenvalue weighted by atomic mass is 19.4. The fourth-order valence-electron chi connectivity index (χ4n) is 1.89. The van der Waals surface area contributed by atoms with Gasteiger partial charge in [0.2, 0.25) is 0 Å². The Hall–Kier alpha value is -1.85. The second-order valence-corrected chi connectivity index (χ2v) is 4.15. The zero-order valence-electron chi connectivity index (χ0n) is 10.4. The number of rotatable bonds is 2. The van der Waals surface area contributed by atoms with Gasteiger partial charge in [0, 0.05) is 23.2 Å². The molecule has 0 bridgehead atoms. The zero-order valence-corrected chi connectivity index (χ0v) is 10.4. The molecule has 6 heteroatoms. The Morgan fingerprint density at radius 3 is 2.53 bits per heavy atom. The Balaban J connectivity index is 2.80. The first-order chi connectivity index (χ1) is 8.84. The van der Waals surface area contributed by atoms with Gasteiger partial charge in [0.15, 0.2) is 0 Å². The zero-order chi connectivity index (χ0) is 14.2. The van der Waals surface area contributed by atoms with Gasteiger partial charge in [-0.05, 0) is 32.0 Å². The topological polar surface area (TPSA) is 24.9 Å². The molecular formula is C13H12F4N2. The van der Waals surface area contributed by atoms with Crippen LogP contribution in [0.1, 0.15) is 18.2 Å². The highest BCUT2D eigenvalue weighted by Crippen LogP contribution is 2.34. The average Bonchev–Trinajstić information content (AvgIpc) is 2.33. The van der Waals surface area contributed by atoms with Crippen molar-refractivity contribution < 1.29 is 17.6 Å². The maximum absolute atomic E-state index is 13.5. The second kappa shape index (κ2) is 4.68. The minimum atomic E-state index is -4.56. The van der Waals surface area contributed by atoms with Gasteiger partial charge in [-0.25, -0.2) is 9.37 Å². The van der Waals surface area contributed by atoms with Gasteiger partial charge in [-0.15, -0.1) is 0 Å². The molecule has 2 rings (SSSR count). The van der Waals surface area contributed by atoms with E-state index in [1.807, 2.05) is 0 Å². The standard InChI is InChI=1S/C13H12F4N2/c1-3-18-10-6-11(13(15,16)17)19-12-7(2)9(14)5-4-8(10)12/h4-6H,3H2,1-2H3,(H,18,19). The summed E-state index contributed by atoms with van der Waals surface area (Å²) in [5, 5.41) is 3.33. The third-order valence-electron chi connectivity index (χ3n) is 2.83. The Morgan fingerprint density at radius 1 is 1.26 bits per heavy atom. The Morgan fingerprint density at radius 2 is 1.95 bits per heavy atom. The molecule has 0 aliphatic rings. The predicted molar refractivity (Wildman–Crippen MR) is 65.6 cm³/mol. The molecule has 1 N–H and O–H groups in total. The molecule has 1 aromatic carbocycles. The molecule has 19 heavy (non-hydrogen) atoms. The van der Waals surface area contributed by atoms with Gasteiger partial charge in [0.1, 0.15) is 11.5 Å². The summed E-state index contributed by atoms with van der Waals surface area (Å²) >= 11 is 0. The minimum absolute atomic E-state index is 0.0331. The SMILES string of the molecule is CCNc1cc(C(F)(F)F)nc2c(C)c(F)ccc12. The number of anilines is 1. The lowest BCUT2D eigenvalue weighted by atomic mass is 10.1. The van der Waals surface area contributed by atoms with E-state index in [-0.39, 0.29) is 11.1 Å². The normalized spacial score (nSPS) is 11.9. The van der Waals surface area contributed by atoms with E-state index in [2.05, 4.69) is 10.3 Å². The molecular weight excluding hydrogens is 260 g/mol. The summed E-state index contributed by atoms with van der Waals surface area (Å²) in [6.07, 6.45) is -4.56. The fraction of sp³-hybridized carbons (Fsp3) is 0.308. The van der Waals surface area contributed by atoms with Gasteiger partial charge in [-0.1, -0.05) is 0 Å². The Bertz CT molecular complexity index is 620. The second-order valence-electron chi connectivity index (χ2n) is 4.15. The van der Waals surface area contributed by atoms with Crippen molar-refractivity contribution in [2.75, 3.05) is 11.9 Å². The number of pyridine rings is 1. The van der Waals surface area contributed by atoms with E-state index in [0.29, 0.717) is 17.6 Å². The molecule has 0 radical (unpaired) electrons. The van der Waals surface area contributed by atoms with E-state index in [9.17, 15) is 17.6 Å². The van der Waals surface area contributed by atoms with Crippen LogP contribution in [-0.2, 0) is 6.18 Å². The number of fused-ring (bicyclic) bond motifs is 1. The van der Waals surface area contributed by atoms with E-state index in [0.717, 1.165) is 6.07 Å². The molecule has 0 amide bonds. The van der Waals surface area contributed by atoms with Crippen molar-refractivity contribution in [1.29, 1.82) is 0 Å². The van der Waals surface area contributed by atoms with Gasteiger partial charge in [-0.3, -0.25) is 0 Å². The Kier molecular flexibility index (Phi) is 3.34. The summed E-state index contributed by atoms with van der Waals surface area (Å²) in [5.41, 5.74) is -0.568. The number of nitrogens with zero attached hydrogens (tertiary/aromatic N) is 1. The maximum atomic E-state index is 13.5. The fourth-order valence-corrected chi connectivity index (χ4v) is 1.89. The van der Waals surface area contributed by atoms with Gasteiger partial charge in [0.25, 0.3) is 0 Å². The van der Waals surface area contributed by atoms with Crippen molar-refractivity contribution >= 4 is 16.6 Å². The highest BCUT2D eigenvalue weighted by Gasteiger charge is 2.33. The summed E-state index contributed by atoms with van der Waals surface area (Å²) in [4.78, 5) is 3.54. The van der Waals surface area contributed by atoms with Crippen LogP contribution < -0.4 is 5.32 Å². The molecule has 0 unspecified atom stereocenters. The molecule has 0 saturated heterocycles. The molecule has 0 spiro atoms. The van der Waals surface area contributed by atoms with Crippen molar-refractivity contribution in [3.63, 3.8) is 0 Å². The lowest BCUT2D eigenvalue weighted by Gasteiger charge is -2.14. The summed E-state index contributed by atoms with van der Waals surface area (Å²) < 4.78 is 51.8. The third-order valence-corrected chi connectivity index (χ3v) is 2.83. The van der Waals surface area contributed by atoms with E-state index in [1.165, 1.54) is 19.1 Å². The number of benzene rings is 1. The quantitative estimate of drug-likeness (QED) is 0.831. The number of aryl methyl sites for hydroxylation is 1. The van der Waals surface area contributed by atoms with Crippen LogP contribution in [0.15, 0.2) is 18.2 Å². The molecule has 0 saturated carbocycles. The van der Waals surface area contributed by atoms with Gasteiger partial charge in [-0.2, -0.15) is 13.2 Å². The largest absolute Gasteiger partial charge is 0.433 e. The van der Waals surface area contributed by atoms with Crippen molar-refractivity contribution in [1.82, 2.24) is 4.98 Å². The molecule has 0 fully saturated rings. The maximum Gasteiger partial charge on any atom is 0.433 e. The predicted octanol–water partition coefficient (Wildman–Crippen LogP) is 4.13. The smallest absolute Gasteiger partial charge is 0.385 e. The van der Waals surface area contributed by atoms with E-state index < -0.39 is 17.7 Å². The van der Waals surface area contributed by atoms with Gasteiger partial charge in [0.05, 0.1) is 5.52 Å². The van der Waals surface area contributed by atoms with Crippen molar-refractivity contribution in [2.24, 2.45) is 0 Å². The lowest BCUT2D eigenvalue weighted by Crippen LogP contribution is -2.10. The first kappa shape index (κ1) is 13.6. The van der Waals surface area contributed by atoms with E-state index in [1.54, 1.807) is 6.92 Å². The molecule has 102 valence electrons. The van der Waals surface area contributed by atoms with E-state index >= 15 is 0 Å². The van der Waals surface area contributed by atoms with Crippen molar-refractivity contribution in [3.05, 3.63) is 35.3 Å². The van der Waals surface area contributed by atoms with Gasteiger partial charge < -0.3 is 5.32 Å². The van der Waals surface area contributed by atoms with Crippen LogP contribution in [-0.4, -0.2) is 11.5 Å². The minimum Gasteiger partial charge on any atom is -0.385 e. The first-order valence-electron chi connectivity index (χ1n) is 5.75. The van der Waals surface area contributed by atoms with Crippen molar-refractivity contribution in [2.45, 2.75) is 20.0 Å². The van der Waals surface area contributed by atoms with Gasteiger partial charge >= 0.3 is 6.18 Å². The summed E-state index contributed by atoms with van der Waals surface area (Å²) in [6.45, 7) is 3.66. The van der Waals surface area contributed by atoms with Crippen molar-refractivity contribution in [3.8, 4) is 0 Å². The number of nitrogens with one attached hydrogen (secondary N) is 1. The molecule has 2 nitrogen and oxygen atoms in total. The van der Waals surface area contributed by atoms with E-state index in [4.69, 9.17) is 0 Å². The van der Waals surface area contributed by atoms with Crippen LogP contribution in [0.2, 0.25) is 0 Å². The van der Waals surface area contributed by atoms with Crippen LogP contribution >= 0.6 is 0 Å². The highest BCUT2D eigenvalue weighted by molar-refractivity contribution is 5.93. The molecule has 0 aliphatic carbocycles. The summed E-state index contributed by atoms with van der Waals surface area (Å²) in [6, 6.07) is 3.61. The summed E-state index contributed by atoms with van der Waals surface area (Å²) in [5.74, 6) is -0.568. The third kappa shape index (κ3) is 2.47. The number of aromatic nitrogens is 1. The molecule has 0 aliphatic heterocycles. The van der Waals surface area contributed by atoms with Crippen LogP contribution in [0, 0.1) is 12.7 Å². The average molecular weight is 272 g/mol. The number of halogens is 4. The molecule has 0 atom stereocenters. The van der Waals surface area contributed by atoms with Crippen LogP contribution in [0.5, 0.6) is 0 Å². The van der Waals surface area contributed by atoms with Crippen LogP contribution in [0.3, 0.4) is 0 Å². The monoisotopic (exact) mass is 272 g/mol. The number of hydrogen-bond donors (Lipinski definition) is 1. The van der Waals surface area contributed by atoms with Crippen LogP contribution in [0.4, 0.5) is 23.2 Å². The lowest BCUT2D eigenvalue weighted by molar-refractivity contribution is -0.140. The van der Waals surface area contributed by atoms with Crippen LogP contribution in [0.25, 0.3) is 10.9 Å². The molecule has 1 aromatic heterocycles. The number of hydrogen-bond acceptors (Lipinski definition) is 2. The Labute approximate surface area is 107 Å². The first-order valence-corrected chi connectivity index (χ1v) is 5.75. The molecule has 1 heterocycles.